The number of aryl methyl sites for hydroxylation is 3. The number of hydrogen-bond donors (Lipinski definition) is 1. The molecule has 0 aromatic carbocycles. The Hall–Kier alpha value is -1.20. The third-order valence-corrected chi connectivity index (χ3v) is 4.82. The van der Waals surface area contributed by atoms with Crippen LogP contribution in [0.5, 0.6) is 0 Å². The molecule has 1 aliphatic rings. The first-order chi connectivity index (χ1) is 9.86. The maximum atomic E-state index is 5.77. The Morgan fingerprint density at radius 3 is 3.10 bits per heavy atom. The van der Waals surface area contributed by atoms with Gasteiger partial charge >= 0.3 is 0 Å². The highest BCUT2D eigenvalue weighted by Gasteiger charge is 2.18. The van der Waals surface area contributed by atoms with Crippen LogP contribution in [0.25, 0.3) is 10.8 Å². The van der Waals surface area contributed by atoms with E-state index < -0.39 is 0 Å². The van der Waals surface area contributed by atoms with Gasteiger partial charge in [0.05, 0.1) is 4.88 Å². The van der Waals surface area contributed by atoms with Gasteiger partial charge in [-0.2, -0.15) is 0 Å². The van der Waals surface area contributed by atoms with E-state index >= 15 is 0 Å². The van der Waals surface area contributed by atoms with E-state index in [0.29, 0.717) is 5.89 Å². The molecule has 0 saturated heterocycles. The van der Waals surface area contributed by atoms with Crippen LogP contribution < -0.4 is 5.32 Å². The lowest BCUT2D eigenvalue weighted by Crippen LogP contribution is -2.16. The molecular formula is C15H21N3OS. The van der Waals surface area contributed by atoms with Gasteiger partial charge in [0.25, 0.3) is 5.89 Å². The van der Waals surface area contributed by atoms with Crippen molar-refractivity contribution in [2.24, 2.45) is 0 Å². The Bertz CT molecular complexity index is 540. The fourth-order valence-electron chi connectivity index (χ4n) is 2.56. The number of nitrogens with one attached hydrogen (secondary N) is 1. The van der Waals surface area contributed by atoms with Gasteiger partial charge in [-0.05, 0) is 56.8 Å². The van der Waals surface area contributed by atoms with Crippen LogP contribution in [-0.2, 0) is 19.3 Å². The monoisotopic (exact) mass is 291 g/mol. The average Bonchev–Trinajstić information content (AvgIpc) is 3.12. The fourth-order valence-corrected chi connectivity index (χ4v) is 3.73. The summed E-state index contributed by atoms with van der Waals surface area (Å²) in [6.45, 7) is 4.27. The molecule has 1 aliphatic carbocycles. The van der Waals surface area contributed by atoms with Crippen LogP contribution in [0, 0.1) is 0 Å². The molecule has 2 heterocycles. The summed E-state index contributed by atoms with van der Waals surface area (Å²) < 4.78 is 5.77. The summed E-state index contributed by atoms with van der Waals surface area (Å²) in [5, 5.41) is 11.7. The molecular weight excluding hydrogens is 270 g/mol. The second kappa shape index (κ2) is 6.50. The van der Waals surface area contributed by atoms with E-state index in [2.05, 4.69) is 28.5 Å². The van der Waals surface area contributed by atoms with Crippen molar-refractivity contribution in [2.45, 2.75) is 45.4 Å². The molecule has 0 spiro atoms. The van der Waals surface area contributed by atoms with Crippen molar-refractivity contribution in [3.63, 3.8) is 0 Å². The van der Waals surface area contributed by atoms with Crippen LogP contribution in [0.3, 0.4) is 0 Å². The molecule has 2 aromatic rings. The second-order valence-corrected chi connectivity index (χ2v) is 6.40. The molecule has 0 radical (unpaired) electrons. The van der Waals surface area contributed by atoms with Gasteiger partial charge in [0.1, 0.15) is 0 Å². The number of hydrogen-bond acceptors (Lipinski definition) is 5. The van der Waals surface area contributed by atoms with Crippen LogP contribution in [0.2, 0.25) is 0 Å². The van der Waals surface area contributed by atoms with Crippen molar-refractivity contribution in [3.8, 4) is 10.8 Å². The number of thiophene rings is 1. The Balaban J connectivity index is 1.56. The highest BCUT2D eigenvalue weighted by atomic mass is 32.1. The van der Waals surface area contributed by atoms with Gasteiger partial charge < -0.3 is 9.73 Å². The largest absolute Gasteiger partial charge is 0.420 e. The van der Waals surface area contributed by atoms with E-state index in [9.17, 15) is 0 Å². The standard InChI is InChI=1S/C15H21N3OS/c1-2-8-16-9-4-7-14-17-18-15(19-14)13-10-11-5-3-6-12(11)20-13/h10,16H,2-9H2,1H3. The Morgan fingerprint density at radius 2 is 2.25 bits per heavy atom. The number of rotatable bonds is 7. The summed E-state index contributed by atoms with van der Waals surface area (Å²) in [6.07, 6.45) is 6.78. The lowest BCUT2D eigenvalue weighted by molar-refractivity contribution is 0.492. The van der Waals surface area contributed by atoms with Crippen molar-refractivity contribution >= 4 is 11.3 Å². The Kier molecular flexibility index (Phi) is 4.47. The minimum absolute atomic E-state index is 0.695. The normalized spacial score (nSPS) is 13.8. The number of aromatic nitrogens is 2. The van der Waals surface area contributed by atoms with Crippen LogP contribution in [0.15, 0.2) is 10.5 Å². The van der Waals surface area contributed by atoms with Crippen molar-refractivity contribution < 1.29 is 4.42 Å². The first-order valence-electron chi connectivity index (χ1n) is 7.52. The lowest BCUT2D eigenvalue weighted by atomic mass is 10.2. The summed E-state index contributed by atoms with van der Waals surface area (Å²) in [5.74, 6) is 1.45. The third-order valence-electron chi connectivity index (χ3n) is 3.60. The summed E-state index contributed by atoms with van der Waals surface area (Å²) >= 11 is 1.81. The fraction of sp³-hybridized carbons (Fsp3) is 0.600. The zero-order valence-corrected chi connectivity index (χ0v) is 12.8. The molecule has 0 aliphatic heterocycles. The molecule has 1 N–H and O–H groups in total. The van der Waals surface area contributed by atoms with Gasteiger partial charge in [-0.1, -0.05) is 6.92 Å². The van der Waals surface area contributed by atoms with Crippen LogP contribution >= 0.6 is 11.3 Å². The molecule has 3 rings (SSSR count). The maximum Gasteiger partial charge on any atom is 0.257 e. The molecule has 0 fully saturated rings. The van der Waals surface area contributed by atoms with Crippen LogP contribution in [0.4, 0.5) is 0 Å². The highest BCUT2D eigenvalue weighted by molar-refractivity contribution is 7.15. The van der Waals surface area contributed by atoms with Gasteiger partial charge in [0.2, 0.25) is 5.89 Å². The van der Waals surface area contributed by atoms with Gasteiger partial charge in [0, 0.05) is 11.3 Å². The van der Waals surface area contributed by atoms with E-state index in [-0.39, 0.29) is 0 Å². The van der Waals surface area contributed by atoms with Gasteiger partial charge in [0.15, 0.2) is 0 Å². The minimum atomic E-state index is 0.695. The van der Waals surface area contributed by atoms with Crippen molar-refractivity contribution in [2.75, 3.05) is 13.1 Å². The highest BCUT2D eigenvalue weighted by Crippen LogP contribution is 2.35. The van der Waals surface area contributed by atoms with Gasteiger partial charge in [-0.3, -0.25) is 0 Å². The number of fused-ring (bicyclic) bond motifs is 1. The smallest absolute Gasteiger partial charge is 0.257 e. The maximum absolute atomic E-state index is 5.77. The molecule has 2 aromatic heterocycles. The van der Waals surface area contributed by atoms with Crippen LogP contribution in [0.1, 0.15) is 42.5 Å². The minimum Gasteiger partial charge on any atom is -0.420 e. The molecule has 5 heteroatoms. The molecule has 0 unspecified atom stereocenters. The van der Waals surface area contributed by atoms with Crippen LogP contribution in [-0.4, -0.2) is 23.3 Å². The molecule has 20 heavy (non-hydrogen) atoms. The predicted octanol–water partition coefficient (Wildman–Crippen LogP) is 3.22. The zero-order valence-electron chi connectivity index (χ0n) is 11.9. The lowest BCUT2D eigenvalue weighted by Gasteiger charge is -1.99. The average molecular weight is 291 g/mol. The predicted molar refractivity (Wildman–Crippen MR) is 81.1 cm³/mol. The topological polar surface area (TPSA) is 51.0 Å². The quantitative estimate of drug-likeness (QED) is 0.796. The summed E-state index contributed by atoms with van der Waals surface area (Å²) in [7, 11) is 0. The second-order valence-electron chi connectivity index (χ2n) is 5.27. The number of nitrogens with zero attached hydrogens (tertiary/aromatic N) is 2. The Labute approximate surface area is 123 Å². The Morgan fingerprint density at radius 1 is 1.30 bits per heavy atom. The van der Waals surface area contributed by atoms with Gasteiger partial charge in [-0.25, -0.2) is 0 Å². The van der Waals surface area contributed by atoms with Crippen molar-refractivity contribution in [1.82, 2.24) is 15.5 Å². The summed E-state index contributed by atoms with van der Waals surface area (Å²) in [4.78, 5) is 2.64. The summed E-state index contributed by atoms with van der Waals surface area (Å²) in [6, 6.07) is 2.23. The third kappa shape index (κ3) is 3.10. The first kappa shape index (κ1) is 13.8. The molecule has 108 valence electrons. The van der Waals surface area contributed by atoms with E-state index in [1.54, 1.807) is 0 Å². The van der Waals surface area contributed by atoms with Gasteiger partial charge in [-0.15, -0.1) is 21.5 Å². The summed E-state index contributed by atoms with van der Waals surface area (Å²) in [5.41, 5.74) is 1.48. The molecule has 0 amide bonds. The van der Waals surface area contributed by atoms with Crippen molar-refractivity contribution in [3.05, 3.63) is 22.4 Å². The molecule has 4 nitrogen and oxygen atoms in total. The molecule has 0 saturated carbocycles. The zero-order chi connectivity index (χ0) is 13.8. The molecule has 0 bridgehead atoms. The SMILES string of the molecule is CCCNCCCc1nnc(-c2cc3c(s2)CCC3)o1. The van der Waals surface area contributed by atoms with E-state index in [0.717, 1.165) is 36.7 Å². The van der Waals surface area contributed by atoms with E-state index in [1.165, 1.54) is 36.1 Å². The van der Waals surface area contributed by atoms with Crippen molar-refractivity contribution in [1.29, 1.82) is 0 Å². The van der Waals surface area contributed by atoms with E-state index in [4.69, 9.17) is 4.42 Å². The first-order valence-corrected chi connectivity index (χ1v) is 8.33. The van der Waals surface area contributed by atoms with E-state index in [1.807, 2.05) is 11.3 Å². The molecule has 0 atom stereocenters.